The van der Waals surface area contributed by atoms with Crippen LogP contribution in [-0.4, -0.2) is 23.7 Å². The summed E-state index contributed by atoms with van der Waals surface area (Å²) >= 11 is 0. The molecule has 1 aliphatic heterocycles. The van der Waals surface area contributed by atoms with Gasteiger partial charge in [-0.15, -0.1) is 0 Å². The first-order valence-corrected chi connectivity index (χ1v) is 10.5. The Morgan fingerprint density at radius 2 is 1.87 bits per heavy atom. The smallest absolute Gasteiger partial charge is 0.305 e. The van der Waals surface area contributed by atoms with Crippen LogP contribution in [0.3, 0.4) is 0 Å². The zero-order chi connectivity index (χ0) is 22.0. The van der Waals surface area contributed by atoms with Crippen molar-refractivity contribution >= 4 is 11.7 Å². The van der Waals surface area contributed by atoms with Gasteiger partial charge in [-0.05, 0) is 80.3 Å². The third kappa shape index (κ3) is 4.55. The molecule has 3 aromatic carbocycles. The Morgan fingerprint density at radius 1 is 1.10 bits per heavy atom. The molecule has 0 amide bonds. The number of aliphatic carboxylic acids is 1. The second-order valence-corrected chi connectivity index (χ2v) is 8.10. The molecule has 4 nitrogen and oxygen atoms in total. The van der Waals surface area contributed by atoms with Crippen LogP contribution in [0, 0.1) is 19.7 Å². The molecule has 160 valence electrons. The van der Waals surface area contributed by atoms with E-state index in [1.165, 1.54) is 6.07 Å². The van der Waals surface area contributed by atoms with E-state index < -0.39 is 5.97 Å². The summed E-state index contributed by atoms with van der Waals surface area (Å²) in [5.41, 5.74) is 4.25. The largest absolute Gasteiger partial charge is 0.481 e. The highest BCUT2D eigenvalue weighted by molar-refractivity contribution is 5.71. The highest BCUT2D eigenvalue weighted by Crippen LogP contribution is 2.35. The molecule has 4 rings (SSSR count). The Labute approximate surface area is 181 Å². The van der Waals surface area contributed by atoms with Crippen LogP contribution in [0.1, 0.15) is 30.4 Å². The summed E-state index contributed by atoms with van der Waals surface area (Å²) < 4.78 is 20.5. The van der Waals surface area contributed by atoms with Crippen LogP contribution >= 0.6 is 0 Å². The molecule has 1 N–H and O–H groups in total. The van der Waals surface area contributed by atoms with Crippen molar-refractivity contribution in [3.8, 4) is 22.6 Å². The van der Waals surface area contributed by atoms with Crippen molar-refractivity contribution in [1.29, 1.82) is 0 Å². The Morgan fingerprint density at radius 3 is 2.61 bits per heavy atom. The van der Waals surface area contributed by atoms with Crippen LogP contribution in [0.2, 0.25) is 0 Å². The maximum Gasteiger partial charge on any atom is 0.305 e. The van der Waals surface area contributed by atoms with E-state index in [9.17, 15) is 9.18 Å². The number of hydrogen-bond donors (Lipinski definition) is 1. The van der Waals surface area contributed by atoms with Crippen molar-refractivity contribution in [3.05, 3.63) is 77.6 Å². The predicted octanol–water partition coefficient (Wildman–Crippen LogP) is 6.35. The van der Waals surface area contributed by atoms with Gasteiger partial charge in [0.25, 0.3) is 0 Å². The fraction of sp³-hybridized carbons (Fsp3) is 0.269. The van der Waals surface area contributed by atoms with Crippen molar-refractivity contribution in [2.45, 2.75) is 39.2 Å². The quantitative estimate of drug-likeness (QED) is 0.506. The number of carboxylic acids is 1. The van der Waals surface area contributed by atoms with E-state index in [2.05, 4.69) is 4.90 Å². The SMILES string of the molecule is Cc1ccc(F)c(-c2cccc(Oc3ccc(N4CCCC4CC(=O)O)cc3)c2C)c1. The van der Waals surface area contributed by atoms with Crippen LogP contribution in [0.5, 0.6) is 11.5 Å². The number of anilines is 1. The van der Waals surface area contributed by atoms with E-state index >= 15 is 0 Å². The van der Waals surface area contributed by atoms with Gasteiger partial charge < -0.3 is 14.7 Å². The molecule has 1 unspecified atom stereocenters. The lowest BCUT2D eigenvalue weighted by Crippen LogP contribution is -2.31. The molecule has 1 saturated heterocycles. The first kappa shape index (κ1) is 20.9. The summed E-state index contributed by atoms with van der Waals surface area (Å²) in [6.45, 7) is 4.74. The van der Waals surface area contributed by atoms with E-state index in [4.69, 9.17) is 9.84 Å². The minimum Gasteiger partial charge on any atom is -0.481 e. The maximum atomic E-state index is 14.4. The maximum absolute atomic E-state index is 14.4. The Hall–Kier alpha value is -3.34. The molecular weight excluding hydrogens is 393 g/mol. The minimum absolute atomic E-state index is 0.0346. The van der Waals surface area contributed by atoms with Crippen molar-refractivity contribution < 1.29 is 19.0 Å². The number of hydrogen-bond acceptors (Lipinski definition) is 3. The first-order valence-electron chi connectivity index (χ1n) is 10.5. The molecule has 0 saturated carbocycles. The topological polar surface area (TPSA) is 49.8 Å². The van der Waals surface area contributed by atoms with Crippen LogP contribution in [0.4, 0.5) is 10.1 Å². The van der Waals surface area contributed by atoms with Crippen molar-refractivity contribution in [1.82, 2.24) is 0 Å². The lowest BCUT2D eigenvalue weighted by Gasteiger charge is -2.26. The Kier molecular flexibility index (Phi) is 5.94. The van der Waals surface area contributed by atoms with Gasteiger partial charge in [-0.3, -0.25) is 4.79 Å². The predicted molar refractivity (Wildman–Crippen MR) is 120 cm³/mol. The molecule has 0 spiro atoms. The third-order valence-corrected chi connectivity index (χ3v) is 5.88. The van der Waals surface area contributed by atoms with Gasteiger partial charge in [0, 0.05) is 23.8 Å². The van der Waals surface area contributed by atoms with E-state index in [1.54, 1.807) is 6.07 Å². The van der Waals surface area contributed by atoms with E-state index in [0.717, 1.165) is 41.8 Å². The minimum atomic E-state index is -0.766. The fourth-order valence-electron chi connectivity index (χ4n) is 4.28. The monoisotopic (exact) mass is 419 g/mol. The van der Waals surface area contributed by atoms with Gasteiger partial charge >= 0.3 is 5.97 Å². The molecule has 0 aromatic heterocycles. The number of halogens is 1. The summed E-state index contributed by atoms with van der Waals surface area (Å²) in [7, 11) is 0. The molecular formula is C26H26FNO3. The standard InChI is InChI=1S/C26H26FNO3/c1-17-8-13-24(27)23(15-17)22-6-3-7-25(18(22)2)31-21-11-9-19(10-12-21)28-14-4-5-20(28)16-26(29)30/h3,6-13,15,20H,4-5,14,16H2,1-2H3,(H,29,30). The average Bonchev–Trinajstić information content (AvgIpc) is 3.19. The molecule has 0 aliphatic carbocycles. The highest BCUT2D eigenvalue weighted by Gasteiger charge is 2.26. The summed E-state index contributed by atoms with van der Waals surface area (Å²) in [6, 6.07) is 18.5. The van der Waals surface area contributed by atoms with Gasteiger partial charge in [0.05, 0.1) is 6.42 Å². The van der Waals surface area contributed by atoms with Crippen LogP contribution in [0.25, 0.3) is 11.1 Å². The third-order valence-electron chi connectivity index (χ3n) is 5.88. The van der Waals surface area contributed by atoms with E-state index in [0.29, 0.717) is 17.1 Å². The second kappa shape index (κ2) is 8.80. The molecule has 0 bridgehead atoms. The average molecular weight is 419 g/mol. The lowest BCUT2D eigenvalue weighted by atomic mass is 9.98. The zero-order valence-electron chi connectivity index (χ0n) is 17.8. The van der Waals surface area contributed by atoms with Crippen molar-refractivity contribution in [3.63, 3.8) is 0 Å². The number of ether oxygens (including phenoxy) is 1. The molecule has 0 radical (unpaired) electrons. The summed E-state index contributed by atoms with van der Waals surface area (Å²) in [4.78, 5) is 13.3. The zero-order valence-corrected chi connectivity index (χ0v) is 17.8. The van der Waals surface area contributed by atoms with Gasteiger partial charge in [0.2, 0.25) is 0 Å². The van der Waals surface area contributed by atoms with Crippen LogP contribution in [0.15, 0.2) is 60.7 Å². The fourth-order valence-corrected chi connectivity index (χ4v) is 4.28. The second-order valence-electron chi connectivity index (χ2n) is 8.10. The van der Waals surface area contributed by atoms with Crippen LogP contribution < -0.4 is 9.64 Å². The molecule has 1 aliphatic rings. The number of carboxylic acid groups (broad SMARTS) is 1. The number of carbonyl (C=O) groups is 1. The van der Waals surface area contributed by atoms with Crippen molar-refractivity contribution in [2.24, 2.45) is 0 Å². The van der Waals surface area contributed by atoms with Crippen molar-refractivity contribution in [2.75, 3.05) is 11.4 Å². The number of benzene rings is 3. The Balaban J connectivity index is 1.55. The van der Waals surface area contributed by atoms with E-state index in [1.807, 2.05) is 62.4 Å². The summed E-state index contributed by atoms with van der Waals surface area (Å²) in [5, 5.41) is 9.14. The van der Waals surface area contributed by atoms with Gasteiger partial charge in [0.1, 0.15) is 17.3 Å². The molecule has 1 heterocycles. The number of nitrogens with zero attached hydrogens (tertiary/aromatic N) is 1. The van der Waals surface area contributed by atoms with Crippen LogP contribution in [-0.2, 0) is 4.79 Å². The number of rotatable bonds is 6. The molecule has 3 aromatic rings. The van der Waals surface area contributed by atoms with E-state index in [-0.39, 0.29) is 18.3 Å². The van der Waals surface area contributed by atoms with Gasteiger partial charge in [0.15, 0.2) is 0 Å². The number of aryl methyl sites for hydroxylation is 1. The van der Waals surface area contributed by atoms with Gasteiger partial charge in [-0.1, -0.05) is 23.8 Å². The first-order chi connectivity index (χ1) is 14.9. The molecule has 31 heavy (non-hydrogen) atoms. The van der Waals surface area contributed by atoms with Gasteiger partial charge in [-0.25, -0.2) is 4.39 Å². The normalized spacial score (nSPS) is 15.8. The summed E-state index contributed by atoms with van der Waals surface area (Å²) in [6.07, 6.45) is 2.05. The van der Waals surface area contributed by atoms with Gasteiger partial charge in [-0.2, -0.15) is 0 Å². The highest BCUT2D eigenvalue weighted by atomic mass is 19.1. The Bertz CT molecular complexity index is 1090. The lowest BCUT2D eigenvalue weighted by molar-refractivity contribution is -0.137. The molecule has 1 atom stereocenters. The molecule has 1 fully saturated rings. The molecule has 5 heteroatoms. The summed E-state index contributed by atoms with van der Waals surface area (Å²) in [5.74, 6) is 0.341.